The van der Waals surface area contributed by atoms with Crippen LogP contribution in [-0.4, -0.2) is 37.9 Å². The molecule has 0 saturated carbocycles. The van der Waals surface area contributed by atoms with E-state index in [1.807, 2.05) is 0 Å². The normalized spacial score (nSPS) is 21.5. The summed E-state index contributed by atoms with van der Waals surface area (Å²) in [5.41, 5.74) is 0. The highest BCUT2D eigenvalue weighted by atomic mass is 15.2. The van der Waals surface area contributed by atoms with Crippen LogP contribution in [0.4, 0.5) is 0 Å². The van der Waals surface area contributed by atoms with Gasteiger partial charge in [0.15, 0.2) is 0 Å². The van der Waals surface area contributed by atoms with Crippen LogP contribution in [0.25, 0.3) is 0 Å². The number of rotatable bonds is 5. The van der Waals surface area contributed by atoms with Crippen molar-refractivity contribution < 1.29 is 0 Å². The fourth-order valence-electron chi connectivity index (χ4n) is 1.60. The van der Waals surface area contributed by atoms with Gasteiger partial charge < -0.3 is 5.32 Å². The number of nitrogens with zero attached hydrogens (tertiary/aromatic N) is 1. The molecule has 14 heavy (non-hydrogen) atoms. The Morgan fingerprint density at radius 1 is 1.21 bits per heavy atom. The Morgan fingerprint density at radius 2 is 2.14 bits per heavy atom. The van der Waals surface area contributed by atoms with Crippen molar-refractivity contribution in [1.82, 2.24) is 15.5 Å². The third kappa shape index (κ3) is 5.37. The van der Waals surface area contributed by atoms with Crippen molar-refractivity contribution in [2.45, 2.75) is 26.2 Å². The summed E-state index contributed by atoms with van der Waals surface area (Å²) in [5, 5.41) is 6.65. The minimum atomic E-state index is 0.913. The summed E-state index contributed by atoms with van der Waals surface area (Å²) in [6.07, 6.45) is 8.51. The zero-order valence-electron chi connectivity index (χ0n) is 9.26. The maximum atomic E-state index is 3.39. The first-order valence-corrected chi connectivity index (χ1v) is 5.72. The first kappa shape index (κ1) is 11.7. The number of allylic oxidation sites excluding steroid dienone is 1. The highest BCUT2D eigenvalue weighted by Gasteiger charge is 2.03. The van der Waals surface area contributed by atoms with Crippen molar-refractivity contribution in [2.75, 3.05) is 33.0 Å². The van der Waals surface area contributed by atoms with Gasteiger partial charge in [-0.25, -0.2) is 0 Å². The summed E-state index contributed by atoms with van der Waals surface area (Å²) in [6, 6.07) is 0. The largest absolute Gasteiger partial charge is 0.305 e. The summed E-state index contributed by atoms with van der Waals surface area (Å²) in [7, 11) is 0. The molecule has 1 rings (SSSR count). The van der Waals surface area contributed by atoms with Gasteiger partial charge in [-0.15, -0.1) is 0 Å². The zero-order valence-corrected chi connectivity index (χ0v) is 9.26. The van der Waals surface area contributed by atoms with Crippen LogP contribution in [0.5, 0.6) is 0 Å². The van der Waals surface area contributed by atoms with E-state index in [1.54, 1.807) is 0 Å². The number of nitrogens with one attached hydrogen (secondary N) is 2. The van der Waals surface area contributed by atoms with Crippen LogP contribution >= 0.6 is 0 Å². The second-order valence-electron chi connectivity index (χ2n) is 3.73. The van der Waals surface area contributed by atoms with Crippen molar-refractivity contribution >= 4 is 0 Å². The lowest BCUT2D eigenvalue weighted by Gasteiger charge is -2.22. The fraction of sp³-hybridized carbons (Fsp3) is 0.818. The van der Waals surface area contributed by atoms with Crippen LogP contribution in [0.1, 0.15) is 26.2 Å². The molecule has 1 aliphatic heterocycles. The van der Waals surface area contributed by atoms with Gasteiger partial charge >= 0.3 is 0 Å². The first-order valence-electron chi connectivity index (χ1n) is 5.72. The quantitative estimate of drug-likeness (QED) is 0.393. The smallest absolute Gasteiger partial charge is 0.0493 e. The molecule has 1 heterocycles. The van der Waals surface area contributed by atoms with Gasteiger partial charge in [0.25, 0.3) is 0 Å². The van der Waals surface area contributed by atoms with Crippen LogP contribution in [0, 0.1) is 0 Å². The maximum absolute atomic E-state index is 3.39. The second-order valence-corrected chi connectivity index (χ2v) is 3.73. The molecule has 0 atom stereocenters. The summed E-state index contributed by atoms with van der Waals surface area (Å²) in [5.74, 6) is 0. The average Bonchev–Trinajstić information content (AvgIpc) is 2.15. The molecule has 0 radical (unpaired) electrons. The fourth-order valence-corrected chi connectivity index (χ4v) is 1.60. The second kappa shape index (κ2) is 7.97. The third-order valence-corrected chi connectivity index (χ3v) is 2.46. The topological polar surface area (TPSA) is 27.3 Å². The monoisotopic (exact) mass is 197 g/mol. The summed E-state index contributed by atoms with van der Waals surface area (Å²) in [6.45, 7) is 7.39. The predicted octanol–water partition coefficient (Wildman–Crippen LogP) is 1.14. The van der Waals surface area contributed by atoms with Crippen LogP contribution < -0.4 is 10.6 Å². The minimum Gasteiger partial charge on any atom is -0.305 e. The minimum absolute atomic E-state index is 0.913. The van der Waals surface area contributed by atoms with Crippen LogP contribution in [-0.2, 0) is 0 Å². The average molecular weight is 197 g/mol. The van der Waals surface area contributed by atoms with Gasteiger partial charge in [0, 0.05) is 19.9 Å². The molecule has 3 nitrogen and oxygen atoms in total. The first-order chi connectivity index (χ1) is 6.93. The summed E-state index contributed by atoms with van der Waals surface area (Å²) in [4.78, 5) is 2.45. The van der Waals surface area contributed by atoms with E-state index in [9.17, 15) is 0 Å². The molecule has 3 heteroatoms. The van der Waals surface area contributed by atoms with Crippen LogP contribution in [0.15, 0.2) is 12.2 Å². The molecule has 0 aromatic heterocycles. The maximum Gasteiger partial charge on any atom is 0.0493 e. The van der Waals surface area contributed by atoms with E-state index in [4.69, 9.17) is 0 Å². The van der Waals surface area contributed by atoms with E-state index in [0.29, 0.717) is 0 Å². The molecule has 0 unspecified atom stereocenters. The molecule has 1 aliphatic rings. The molecular formula is C11H23N3. The van der Waals surface area contributed by atoms with E-state index >= 15 is 0 Å². The highest BCUT2D eigenvalue weighted by molar-refractivity contribution is 4.86. The third-order valence-electron chi connectivity index (χ3n) is 2.46. The molecule has 82 valence electrons. The molecule has 0 amide bonds. The van der Waals surface area contributed by atoms with E-state index in [2.05, 4.69) is 34.6 Å². The van der Waals surface area contributed by atoms with Crippen LogP contribution in [0.2, 0.25) is 0 Å². The van der Waals surface area contributed by atoms with Crippen molar-refractivity contribution in [2.24, 2.45) is 0 Å². The molecule has 0 spiro atoms. The lowest BCUT2D eigenvalue weighted by Crippen LogP contribution is -2.39. The summed E-state index contributed by atoms with van der Waals surface area (Å²) >= 11 is 0. The van der Waals surface area contributed by atoms with Gasteiger partial charge in [0.05, 0.1) is 0 Å². The van der Waals surface area contributed by atoms with Crippen LogP contribution in [0.3, 0.4) is 0 Å². The lowest BCUT2D eigenvalue weighted by molar-refractivity contribution is 0.267. The van der Waals surface area contributed by atoms with Gasteiger partial charge in [0.2, 0.25) is 0 Å². The number of hydrogen-bond donors (Lipinski definition) is 2. The Kier molecular flexibility index (Phi) is 6.66. The molecule has 0 bridgehead atoms. The molecular weight excluding hydrogens is 174 g/mol. The van der Waals surface area contributed by atoms with E-state index < -0.39 is 0 Å². The van der Waals surface area contributed by atoms with Gasteiger partial charge in [-0.1, -0.05) is 19.1 Å². The Labute approximate surface area is 87.6 Å². The molecule has 0 aromatic rings. The van der Waals surface area contributed by atoms with Gasteiger partial charge in [-0.3, -0.25) is 10.2 Å². The van der Waals surface area contributed by atoms with Crippen molar-refractivity contribution in [3.8, 4) is 0 Å². The Hall–Kier alpha value is -0.380. The Morgan fingerprint density at radius 3 is 3.00 bits per heavy atom. The molecule has 0 fully saturated rings. The van der Waals surface area contributed by atoms with Gasteiger partial charge in [-0.2, -0.15) is 0 Å². The Balaban J connectivity index is 2.08. The van der Waals surface area contributed by atoms with E-state index in [1.165, 1.54) is 25.8 Å². The molecule has 2 N–H and O–H groups in total. The van der Waals surface area contributed by atoms with Gasteiger partial charge in [0.1, 0.15) is 0 Å². The predicted molar refractivity (Wildman–Crippen MR) is 61.1 cm³/mol. The molecule has 0 aromatic carbocycles. The van der Waals surface area contributed by atoms with E-state index in [0.717, 1.165) is 26.4 Å². The zero-order chi connectivity index (χ0) is 10.1. The van der Waals surface area contributed by atoms with Crippen molar-refractivity contribution in [3.63, 3.8) is 0 Å². The molecule has 0 aliphatic carbocycles. The highest BCUT2D eigenvalue weighted by Crippen LogP contribution is 2.03. The van der Waals surface area contributed by atoms with Crippen molar-refractivity contribution in [1.29, 1.82) is 0 Å². The molecule has 0 saturated heterocycles. The Bertz CT molecular complexity index is 157. The van der Waals surface area contributed by atoms with Crippen molar-refractivity contribution in [3.05, 3.63) is 12.2 Å². The summed E-state index contributed by atoms with van der Waals surface area (Å²) < 4.78 is 0. The lowest BCUT2D eigenvalue weighted by atomic mass is 10.2. The number of hydrogen-bond acceptors (Lipinski definition) is 3. The van der Waals surface area contributed by atoms with E-state index in [-0.39, 0.29) is 0 Å². The van der Waals surface area contributed by atoms with Gasteiger partial charge in [-0.05, 0) is 32.4 Å². The standard InChI is InChI=1S/C11H23N3/c1-2-12-10-13-11-14-8-6-4-3-5-7-9-14/h4,6,12-13H,2-3,5,7-11H2,1H3/b6-4+. The SMILES string of the molecule is CCNCNCN1C/C=C/CCCC1.